The molecule has 132 valence electrons. The first kappa shape index (κ1) is 18.3. The van der Waals surface area contributed by atoms with Crippen LogP contribution in [-0.4, -0.2) is 20.1 Å². The fourth-order valence-corrected chi connectivity index (χ4v) is 4.81. The third-order valence-electron chi connectivity index (χ3n) is 3.76. The summed E-state index contributed by atoms with van der Waals surface area (Å²) in [4.78, 5) is 0.486. The van der Waals surface area contributed by atoms with E-state index in [0.717, 1.165) is 28.3 Å². The van der Waals surface area contributed by atoms with Gasteiger partial charge in [0.1, 0.15) is 11.4 Å². The number of hydrogen-bond acceptors (Lipinski definition) is 4. The van der Waals surface area contributed by atoms with Crippen LogP contribution in [0.25, 0.3) is 10.1 Å². The number of nitrogens with one attached hydrogen (secondary N) is 1. The summed E-state index contributed by atoms with van der Waals surface area (Å²) in [5.74, 6) is -0.696. The quantitative estimate of drug-likeness (QED) is 0.684. The number of thiophene rings is 1. The third-order valence-corrected chi connectivity index (χ3v) is 6.82. The summed E-state index contributed by atoms with van der Waals surface area (Å²) >= 11 is 7.04. The molecule has 0 saturated heterocycles. The van der Waals surface area contributed by atoms with Crippen LogP contribution in [0.5, 0.6) is 0 Å². The molecule has 2 N–H and O–H groups in total. The Balaban J connectivity index is 1.81. The average molecular weight is 400 g/mol. The Kier molecular flexibility index (Phi) is 4.87. The highest BCUT2D eigenvalue weighted by Gasteiger charge is 2.28. The van der Waals surface area contributed by atoms with Crippen molar-refractivity contribution in [1.82, 2.24) is 4.72 Å². The summed E-state index contributed by atoms with van der Waals surface area (Å²) in [6, 6.07) is 12.6. The molecule has 2 aromatic carbocycles. The maximum absolute atomic E-state index is 13.2. The van der Waals surface area contributed by atoms with Gasteiger partial charge < -0.3 is 5.11 Å². The Hall–Kier alpha value is -1.51. The lowest BCUT2D eigenvalue weighted by molar-refractivity contribution is 0.0666. The van der Waals surface area contributed by atoms with E-state index >= 15 is 0 Å². The van der Waals surface area contributed by atoms with Gasteiger partial charge in [-0.2, -0.15) is 0 Å². The predicted octanol–water partition coefficient (Wildman–Crippen LogP) is 3.88. The van der Waals surface area contributed by atoms with Crippen molar-refractivity contribution in [2.24, 2.45) is 0 Å². The van der Waals surface area contributed by atoms with Crippen LogP contribution in [0.3, 0.4) is 0 Å². The Bertz CT molecular complexity index is 998. The maximum Gasteiger partial charge on any atom is 0.240 e. The number of aliphatic hydroxyl groups is 1. The maximum atomic E-state index is 13.2. The van der Waals surface area contributed by atoms with Gasteiger partial charge in [-0.05, 0) is 42.6 Å². The molecule has 4 nitrogen and oxygen atoms in total. The SMILES string of the molecule is CC(O)(CNS(=O)(=O)c1ccc(F)c(Cl)c1)c1cc2ccccc2s1. The zero-order valence-electron chi connectivity index (χ0n) is 13.2. The molecule has 0 bridgehead atoms. The molecule has 1 atom stereocenters. The van der Waals surface area contributed by atoms with Gasteiger partial charge in [-0.3, -0.25) is 0 Å². The van der Waals surface area contributed by atoms with E-state index in [1.165, 1.54) is 18.3 Å². The molecule has 0 aliphatic heterocycles. The van der Waals surface area contributed by atoms with Gasteiger partial charge in [0.25, 0.3) is 0 Å². The molecule has 3 rings (SSSR count). The normalized spacial score (nSPS) is 14.6. The summed E-state index contributed by atoms with van der Waals surface area (Å²) < 4.78 is 41.2. The molecule has 0 spiro atoms. The van der Waals surface area contributed by atoms with Gasteiger partial charge in [0.2, 0.25) is 10.0 Å². The standard InChI is InChI=1S/C17H15ClFNO3S2/c1-17(21,16-8-11-4-2-3-5-15(11)24-16)10-20-25(22,23)12-6-7-14(19)13(18)9-12/h2-9,20-21H,10H2,1H3. The second kappa shape index (κ2) is 6.66. The third kappa shape index (κ3) is 3.86. The molecule has 25 heavy (non-hydrogen) atoms. The van der Waals surface area contributed by atoms with E-state index in [9.17, 15) is 17.9 Å². The lowest BCUT2D eigenvalue weighted by Gasteiger charge is -2.22. The number of halogens is 2. The van der Waals surface area contributed by atoms with E-state index in [4.69, 9.17) is 11.6 Å². The molecule has 0 amide bonds. The molecule has 0 radical (unpaired) electrons. The van der Waals surface area contributed by atoms with E-state index in [2.05, 4.69) is 4.72 Å². The van der Waals surface area contributed by atoms with Gasteiger partial charge in [0, 0.05) is 16.1 Å². The van der Waals surface area contributed by atoms with Gasteiger partial charge in [0.05, 0.1) is 9.92 Å². The van der Waals surface area contributed by atoms with E-state index in [1.54, 1.807) is 0 Å². The number of benzene rings is 2. The molecular formula is C17H15ClFNO3S2. The highest BCUT2D eigenvalue weighted by atomic mass is 35.5. The van der Waals surface area contributed by atoms with Crippen molar-refractivity contribution in [3.63, 3.8) is 0 Å². The highest BCUT2D eigenvalue weighted by molar-refractivity contribution is 7.89. The Morgan fingerprint density at radius 3 is 2.64 bits per heavy atom. The smallest absolute Gasteiger partial charge is 0.240 e. The number of rotatable bonds is 5. The number of hydrogen-bond donors (Lipinski definition) is 2. The predicted molar refractivity (Wildman–Crippen MR) is 98.0 cm³/mol. The fourth-order valence-electron chi connectivity index (χ4n) is 2.30. The lowest BCUT2D eigenvalue weighted by Crippen LogP contribution is -2.38. The van der Waals surface area contributed by atoms with Gasteiger partial charge in [-0.1, -0.05) is 29.8 Å². The van der Waals surface area contributed by atoms with Gasteiger partial charge >= 0.3 is 0 Å². The van der Waals surface area contributed by atoms with Crippen LogP contribution < -0.4 is 4.72 Å². The monoisotopic (exact) mass is 399 g/mol. The topological polar surface area (TPSA) is 66.4 Å². The van der Waals surface area contributed by atoms with Crippen LogP contribution in [0.2, 0.25) is 5.02 Å². The van der Waals surface area contributed by atoms with Crippen molar-refractivity contribution in [3.05, 3.63) is 64.2 Å². The highest BCUT2D eigenvalue weighted by Crippen LogP contribution is 2.33. The average Bonchev–Trinajstić information content (AvgIpc) is 3.01. The second-order valence-corrected chi connectivity index (χ2v) is 9.08. The second-order valence-electron chi connectivity index (χ2n) is 5.82. The van der Waals surface area contributed by atoms with Gasteiger partial charge in [-0.25, -0.2) is 17.5 Å². The zero-order valence-corrected chi connectivity index (χ0v) is 15.6. The van der Waals surface area contributed by atoms with Crippen molar-refractivity contribution < 1.29 is 17.9 Å². The van der Waals surface area contributed by atoms with Gasteiger partial charge in [-0.15, -0.1) is 11.3 Å². The van der Waals surface area contributed by atoms with Crippen molar-refractivity contribution in [3.8, 4) is 0 Å². The molecule has 0 saturated carbocycles. The molecule has 0 aliphatic rings. The Morgan fingerprint density at radius 1 is 1.24 bits per heavy atom. The van der Waals surface area contributed by atoms with E-state index in [1.807, 2.05) is 30.3 Å². The largest absolute Gasteiger partial charge is 0.383 e. The molecular weight excluding hydrogens is 385 g/mol. The molecule has 1 aromatic heterocycles. The van der Waals surface area contributed by atoms with E-state index in [-0.39, 0.29) is 16.5 Å². The van der Waals surface area contributed by atoms with Crippen LogP contribution in [0.4, 0.5) is 4.39 Å². The number of fused-ring (bicyclic) bond motifs is 1. The van der Waals surface area contributed by atoms with E-state index in [0.29, 0.717) is 4.88 Å². The fraction of sp³-hybridized carbons (Fsp3) is 0.176. The minimum atomic E-state index is -3.93. The minimum absolute atomic E-state index is 0.161. The summed E-state index contributed by atoms with van der Waals surface area (Å²) in [6.07, 6.45) is 0. The van der Waals surface area contributed by atoms with Crippen molar-refractivity contribution in [2.45, 2.75) is 17.4 Å². The Morgan fingerprint density at radius 2 is 1.96 bits per heavy atom. The van der Waals surface area contributed by atoms with Crippen molar-refractivity contribution in [1.29, 1.82) is 0 Å². The Labute approximate surface area is 153 Å². The summed E-state index contributed by atoms with van der Waals surface area (Å²) in [5.41, 5.74) is -1.39. The first-order valence-electron chi connectivity index (χ1n) is 7.35. The van der Waals surface area contributed by atoms with Crippen molar-refractivity contribution >= 4 is 43.0 Å². The lowest BCUT2D eigenvalue weighted by atomic mass is 10.1. The minimum Gasteiger partial charge on any atom is -0.383 e. The summed E-state index contributed by atoms with van der Waals surface area (Å²) in [7, 11) is -3.93. The molecule has 0 fully saturated rings. The zero-order chi connectivity index (χ0) is 18.2. The summed E-state index contributed by atoms with van der Waals surface area (Å²) in [5, 5.41) is 11.4. The van der Waals surface area contributed by atoms with Gasteiger partial charge in [0.15, 0.2) is 0 Å². The van der Waals surface area contributed by atoms with Crippen LogP contribution in [0.1, 0.15) is 11.8 Å². The van der Waals surface area contributed by atoms with Crippen LogP contribution in [0.15, 0.2) is 53.4 Å². The van der Waals surface area contributed by atoms with Crippen LogP contribution >= 0.6 is 22.9 Å². The first-order valence-corrected chi connectivity index (χ1v) is 10.0. The van der Waals surface area contributed by atoms with Crippen LogP contribution in [0, 0.1) is 5.82 Å². The number of sulfonamides is 1. The summed E-state index contributed by atoms with van der Waals surface area (Å²) in [6.45, 7) is 1.31. The molecule has 3 aromatic rings. The van der Waals surface area contributed by atoms with E-state index < -0.39 is 21.4 Å². The molecule has 0 aliphatic carbocycles. The van der Waals surface area contributed by atoms with Crippen molar-refractivity contribution in [2.75, 3.05) is 6.54 Å². The first-order chi connectivity index (χ1) is 11.7. The molecule has 1 unspecified atom stereocenters. The molecule has 8 heteroatoms. The molecule has 1 heterocycles. The van der Waals surface area contributed by atoms with Crippen LogP contribution in [-0.2, 0) is 15.6 Å².